The number of aryl methyl sites for hydroxylation is 1. The number of H-pyrrole nitrogens is 1. The van der Waals surface area contributed by atoms with E-state index >= 15 is 0 Å². The van der Waals surface area contributed by atoms with Crippen LogP contribution in [0.4, 0.5) is 0 Å². The van der Waals surface area contributed by atoms with Gasteiger partial charge in [0.15, 0.2) is 0 Å². The summed E-state index contributed by atoms with van der Waals surface area (Å²) in [5.74, 6) is 1.06. The number of hydrogen-bond acceptors (Lipinski definition) is 4. The highest BCUT2D eigenvalue weighted by molar-refractivity contribution is 6.31. The van der Waals surface area contributed by atoms with Crippen LogP contribution in [-0.4, -0.2) is 28.2 Å². The summed E-state index contributed by atoms with van der Waals surface area (Å²) in [5.41, 5.74) is 0.719. The van der Waals surface area contributed by atoms with E-state index in [2.05, 4.69) is 20.5 Å². The van der Waals surface area contributed by atoms with Gasteiger partial charge in [-0.15, -0.1) is 5.10 Å². The second-order valence-corrected chi connectivity index (χ2v) is 4.47. The smallest absolute Gasteiger partial charge is 0.291 e. The molecule has 106 valence electrons. The summed E-state index contributed by atoms with van der Waals surface area (Å²) in [5, 5.41) is 9.80. The Morgan fingerprint density at radius 3 is 2.95 bits per heavy atom. The van der Waals surface area contributed by atoms with E-state index in [1.807, 2.05) is 6.92 Å². The SMILES string of the molecule is CCc1nc(C(=O)NCc2c(Cl)cccc2OC)n[nH]1. The Balaban J connectivity index is 2.07. The van der Waals surface area contributed by atoms with E-state index in [0.29, 0.717) is 23.0 Å². The first kappa shape index (κ1) is 14.3. The predicted octanol–water partition coefficient (Wildman–Crippen LogP) is 1.96. The predicted molar refractivity (Wildman–Crippen MR) is 74.9 cm³/mol. The molecule has 0 spiro atoms. The van der Waals surface area contributed by atoms with Gasteiger partial charge in [0.25, 0.3) is 5.91 Å². The number of carbonyl (C=O) groups is 1. The van der Waals surface area contributed by atoms with Gasteiger partial charge in [0.1, 0.15) is 11.6 Å². The molecule has 2 rings (SSSR count). The molecule has 0 aliphatic rings. The van der Waals surface area contributed by atoms with E-state index in [-0.39, 0.29) is 18.3 Å². The Kier molecular flexibility index (Phi) is 4.57. The van der Waals surface area contributed by atoms with Crippen molar-refractivity contribution in [3.05, 3.63) is 40.4 Å². The fourth-order valence-corrected chi connectivity index (χ4v) is 1.94. The van der Waals surface area contributed by atoms with Crippen LogP contribution < -0.4 is 10.1 Å². The average Bonchev–Trinajstić information content (AvgIpc) is 2.94. The summed E-state index contributed by atoms with van der Waals surface area (Å²) >= 11 is 6.10. The second kappa shape index (κ2) is 6.38. The Morgan fingerprint density at radius 1 is 1.50 bits per heavy atom. The molecule has 0 atom stereocenters. The minimum atomic E-state index is -0.358. The number of rotatable bonds is 5. The number of ether oxygens (including phenoxy) is 1. The number of carbonyl (C=O) groups excluding carboxylic acids is 1. The van der Waals surface area contributed by atoms with Crippen molar-refractivity contribution < 1.29 is 9.53 Å². The molecule has 20 heavy (non-hydrogen) atoms. The fraction of sp³-hybridized carbons (Fsp3) is 0.308. The van der Waals surface area contributed by atoms with Gasteiger partial charge in [-0.1, -0.05) is 24.6 Å². The quantitative estimate of drug-likeness (QED) is 0.883. The maximum absolute atomic E-state index is 11.9. The molecule has 1 heterocycles. The molecule has 0 aliphatic heterocycles. The molecule has 0 unspecified atom stereocenters. The molecular weight excluding hydrogens is 280 g/mol. The van der Waals surface area contributed by atoms with Gasteiger partial charge in [-0.2, -0.15) is 0 Å². The molecule has 0 saturated heterocycles. The minimum absolute atomic E-state index is 0.118. The van der Waals surface area contributed by atoms with Crippen LogP contribution in [-0.2, 0) is 13.0 Å². The van der Waals surface area contributed by atoms with E-state index < -0.39 is 0 Å². The lowest BCUT2D eigenvalue weighted by Gasteiger charge is -2.10. The summed E-state index contributed by atoms with van der Waals surface area (Å²) in [6.07, 6.45) is 0.693. The van der Waals surface area contributed by atoms with Crippen LogP contribution in [0, 0.1) is 0 Å². The molecule has 0 saturated carbocycles. The lowest BCUT2D eigenvalue weighted by atomic mass is 10.2. The molecule has 0 radical (unpaired) electrons. The number of halogens is 1. The number of amides is 1. The summed E-state index contributed by atoms with van der Waals surface area (Å²) in [6.45, 7) is 2.18. The Hall–Kier alpha value is -2.08. The lowest BCUT2D eigenvalue weighted by Crippen LogP contribution is -2.24. The fourth-order valence-electron chi connectivity index (χ4n) is 1.70. The number of benzene rings is 1. The first-order valence-corrected chi connectivity index (χ1v) is 6.54. The number of hydrogen-bond donors (Lipinski definition) is 2. The third kappa shape index (κ3) is 3.08. The maximum atomic E-state index is 11.9. The largest absolute Gasteiger partial charge is 0.496 e. The van der Waals surface area contributed by atoms with Gasteiger partial charge in [0.05, 0.1) is 7.11 Å². The molecule has 2 aromatic rings. The Bertz CT molecular complexity index is 612. The lowest BCUT2D eigenvalue weighted by molar-refractivity contribution is 0.0940. The van der Waals surface area contributed by atoms with Crippen molar-refractivity contribution in [1.82, 2.24) is 20.5 Å². The van der Waals surface area contributed by atoms with Gasteiger partial charge in [-0.05, 0) is 12.1 Å². The van der Waals surface area contributed by atoms with Crippen LogP contribution in [0.3, 0.4) is 0 Å². The molecule has 0 aliphatic carbocycles. The van der Waals surface area contributed by atoms with Crippen LogP contribution in [0.5, 0.6) is 5.75 Å². The van der Waals surface area contributed by atoms with E-state index in [1.54, 1.807) is 25.3 Å². The third-order valence-corrected chi connectivity index (χ3v) is 3.15. The number of aromatic amines is 1. The van der Waals surface area contributed by atoms with Crippen molar-refractivity contribution in [2.24, 2.45) is 0 Å². The molecule has 6 nitrogen and oxygen atoms in total. The van der Waals surface area contributed by atoms with Crippen LogP contribution >= 0.6 is 11.6 Å². The zero-order valence-corrected chi connectivity index (χ0v) is 12.0. The van der Waals surface area contributed by atoms with Crippen molar-refractivity contribution in [3.8, 4) is 5.75 Å². The van der Waals surface area contributed by atoms with Crippen molar-refractivity contribution in [2.75, 3.05) is 7.11 Å². The zero-order valence-electron chi connectivity index (χ0n) is 11.2. The minimum Gasteiger partial charge on any atom is -0.496 e. The molecular formula is C13H15ClN4O2. The average molecular weight is 295 g/mol. The first-order chi connectivity index (χ1) is 9.65. The number of nitrogens with one attached hydrogen (secondary N) is 2. The first-order valence-electron chi connectivity index (χ1n) is 6.16. The number of aromatic nitrogens is 3. The second-order valence-electron chi connectivity index (χ2n) is 4.06. The van der Waals surface area contributed by atoms with E-state index in [1.165, 1.54) is 0 Å². The number of methoxy groups -OCH3 is 1. The number of nitrogens with zero attached hydrogens (tertiary/aromatic N) is 2. The molecule has 2 N–H and O–H groups in total. The van der Waals surface area contributed by atoms with Crippen molar-refractivity contribution in [3.63, 3.8) is 0 Å². The molecule has 7 heteroatoms. The van der Waals surface area contributed by atoms with Crippen LogP contribution in [0.25, 0.3) is 0 Å². The maximum Gasteiger partial charge on any atom is 0.291 e. The molecule has 1 aromatic heterocycles. The molecule has 1 amide bonds. The van der Waals surface area contributed by atoms with Gasteiger partial charge in [-0.3, -0.25) is 9.89 Å². The highest BCUT2D eigenvalue weighted by Gasteiger charge is 2.14. The third-order valence-electron chi connectivity index (χ3n) is 2.79. The van der Waals surface area contributed by atoms with Gasteiger partial charge in [-0.25, -0.2) is 4.98 Å². The zero-order chi connectivity index (χ0) is 14.5. The van der Waals surface area contributed by atoms with E-state index in [0.717, 1.165) is 5.56 Å². The Labute approximate surface area is 121 Å². The molecule has 0 fully saturated rings. The monoisotopic (exact) mass is 294 g/mol. The van der Waals surface area contributed by atoms with Crippen molar-refractivity contribution in [1.29, 1.82) is 0 Å². The van der Waals surface area contributed by atoms with E-state index in [4.69, 9.17) is 16.3 Å². The standard InChI is InChI=1S/C13H15ClN4O2/c1-3-11-16-12(18-17-11)13(19)15-7-8-9(14)5-4-6-10(8)20-2/h4-6H,3,7H2,1-2H3,(H,15,19)(H,16,17,18). The van der Waals surface area contributed by atoms with Crippen LogP contribution in [0.15, 0.2) is 18.2 Å². The van der Waals surface area contributed by atoms with Gasteiger partial charge >= 0.3 is 0 Å². The van der Waals surface area contributed by atoms with Gasteiger partial charge in [0, 0.05) is 23.6 Å². The highest BCUT2D eigenvalue weighted by Crippen LogP contribution is 2.25. The van der Waals surface area contributed by atoms with Crippen molar-refractivity contribution in [2.45, 2.75) is 19.9 Å². The van der Waals surface area contributed by atoms with Crippen LogP contribution in [0.2, 0.25) is 5.02 Å². The van der Waals surface area contributed by atoms with Gasteiger partial charge in [0.2, 0.25) is 5.82 Å². The summed E-state index contributed by atoms with van der Waals surface area (Å²) in [4.78, 5) is 16.0. The summed E-state index contributed by atoms with van der Waals surface area (Å²) in [7, 11) is 1.56. The highest BCUT2D eigenvalue weighted by atomic mass is 35.5. The molecule has 1 aromatic carbocycles. The van der Waals surface area contributed by atoms with Gasteiger partial charge < -0.3 is 10.1 Å². The summed E-state index contributed by atoms with van der Waals surface area (Å²) in [6, 6.07) is 5.32. The van der Waals surface area contributed by atoms with E-state index in [9.17, 15) is 4.79 Å². The normalized spacial score (nSPS) is 10.3. The summed E-state index contributed by atoms with van der Waals surface area (Å²) < 4.78 is 5.21. The van der Waals surface area contributed by atoms with Crippen molar-refractivity contribution >= 4 is 17.5 Å². The molecule has 0 bridgehead atoms. The topological polar surface area (TPSA) is 79.9 Å². The van der Waals surface area contributed by atoms with Crippen LogP contribution in [0.1, 0.15) is 28.9 Å². The Morgan fingerprint density at radius 2 is 2.30 bits per heavy atom.